The zero-order chi connectivity index (χ0) is 11.8. The van der Waals surface area contributed by atoms with Gasteiger partial charge in [-0.25, -0.2) is 0 Å². The fraction of sp³-hybridized carbons (Fsp3) is 0.538. The zero-order valence-corrected chi connectivity index (χ0v) is 12.9. The number of rotatable bonds is 2. The quantitative estimate of drug-likeness (QED) is 0.708. The van der Waals surface area contributed by atoms with E-state index in [1.54, 1.807) is 0 Å². The van der Waals surface area contributed by atoms with E-state index in [9.17, 15) is 0 Å². The lowest BCUT2D eigenvalue weighted by molar-refractivity contribution is 0.418. The van der Waals surface area contributed by atoms with Gasteiger partial charge in [-0.05, 0) is 45.5 Å². The van der Waals surface area contributed by atoms with Crippen molar-refractivity contribution < 1.29 is 0 Å². The van der Waals surface area contributed by atoms with Gasteiger partial charge in [-0.3, -0.25) is 0 Å². The minimum atomic E-state index is 0.452. The van der Waals surface area contributed by atoms with Crippen LogP contribution >= 0.6 is 31.9 Å². The van der Waals surface area contributed by atoms with Crippen LogP contribution in [0.25, 0.3) is 0 Å². The first-order valence-electron chi connectivity index (χ1n) is 5.61. The summed E-state index contributed by atoms with van der Waals surface area (Å²) in [4.78, 5) is 2.47. The molecule has 0 amide bonds. The first-order valence-corrected chi connectivity index (χ1v) is 7.53. The summed E-state index contributed by atoms with van der Waals surface area (Å²) in [6.07, 6.45) is 1.28. The van der Waals surface area contributed by atoms with Crippen LogP contribution < -0.4 is 4.90 Å². The van der Waals surface area contributed by atoms with Gasteiger partial charge >= 0.3 is 0 Å². The molecule has 0 N–H and O–H groups in total. The van der Waals surface area contributed by atoms with Gasteiger partial charge in [0.25, 0.3) is 0 Å². The first-order chi connectivity index (χ1) is 7.52. The molecule has 1 heterocycles. The molecule has 1 aromatic rings. The molecule has 0 unspecified atom stereocenters. The van der Waals surface area contributed by atoms with E-state index in [-0.39, 0.29) is 0 Å². The molecule has 1 fully saturated rings. The van der Waals surface area contributed by atoms with Gasteiger partial charge in [0.1, 0.15) is 0 Å². The third-order valence-corrected chi connectivity index (χ3v) is 4.47. The minimum absolute atomic E-state index is 0.452. The van der Waals surface area contributed by atoms with Gasteiger partial charge < -0.3 is 4.90 Å². The van der Waals surface area contributed by atoms with Gasteiger partial charge in [-0.15, -0.1) is 0 Å². The lowest BCUT2D eigenvalue weighted by Crippen LogP contribution is -2.22. The number of alkyl halides is 1. The van der Waals surface area contributed by atoms with E-state index in [1.165, 1.54) is 28.7 Å². The van der Waals surface area contributed by atoms with Crippen molar-refractivity contribution >= 4 is 37.5 Å². The van der Waals surface area contributed by atoms with E-state index in [1.807, 2.05) is 0 Å². The van der Waals surface area contributed by atoms with Crippen LogP contribution in [0.4, 0.5) is 5.69 Å². The SMILES string of the molecule is CC1(C)CCN(c2ccc(CBr)cc2Br)C1. The molecule has 2 rings (SSSR count). The maximum Gasteiger partial charge on any atom is 0.0511 e. The second-order valence-corrected chi connectivity index (χ2v) is 6.67. The summed E-state index contributed by atoms with van der Waals surface area (Å²) >= 11 is 7.16. The molecule has 16 heavy (non-hydrogen) atoms. The average molecular weight is 347 g/mol. The van der Waals surface area contributed by atoms with Crippen molar-refractivity contribution in [2.75, 3.05) is 18.0 Å². The Morgan fingerprint density at radius 2 is 2.12 bits per heavy atom. The Bertz CT molecular complexity index is 388. The molecule has 0 spiro atoms. The van der Waals surface area contributed by atoms with Crippen LogP contribution in [0.15, 0.2) is 22.7 Å². The van der Waals surface area contributed by atoms with Crippen LogP contribution in [0.2, 0.25) is 0 Å². The van der Waals surface area contributed by atoms with Crippen LogP contribution in [0, 0.1) is 5.41 Å². The van der Waals surface area contributed by atoms with Crippen LogP contribution in [0.3, 0.4) is 0 Å². The summed E-state index contributed by atoms with van der Waals surface area (Å²) in [7, 11) is 0. The monoisotopic (exact) mass is 345 g/mol. The zero-order valence-electron chi connectivity index (χ0n) is 9.76. The number of nitrogens with zero attached hydrogens (tertiary/aromatic N) is 1. The van der Waals surface area contributed by atoms with Crippen LogP contribution in [0.1, 0.15) is 25.8 Å². The van der Waals surface area contributed by atoms with Crippen molar-refractivity contribution in [1.82, 2.24) is 0 Å². The van der Waals surface area contributed by atoms with E-state index in [4.69, 9.17) is 0 Å². The topological polar surface area (TPSA) is 3.24 Å². The summed E-state index contributed by atoms with van der Waals surface area (Å²) in [5.74, 6) is 0. The molecule has 0 radical (unpaired) electrons. The van der Waals surface area contributed by atoms with Crippen molar-refractivity contribution in [1.29, 1.82) is 0 Å². The predicted octanol–water partition coefficient (Wildman–Crippen LogP) is 4.58. The van der Waals surface area contributed by atoms with E-state index < -0.39 is 0 Å². The average Bonchev–Trinajstić information content (AvgIpc) is 2.58. The highest BCUT2D eigenvalue weighted by atomic mass is 79.9. The highest BCUT2D eigenvalue weighted by molar-refractivity contribution is 9.10. The summed E-state index contributed by atoms with van der Waals surface area (Å²) in [6, 6.07) is 6.62. The molecule has 0 saturated carbocycles. The van der Waals surface area contributed by atoms with Crippen LogP contribution in [-0.2, 0) is 5.33 Å². The Hall–Kier alpha value is -0.0200. The Morgan fingerprint density at radius 3 is 2.62 bits per heavy atom. The Kier molecular flexibility index (Phi) is 3.65. The molecule has 3 heteroatoms. The minimum Gasteiger partial charge on any atom is -0.370 e. The predicted molar refractivity (Wildman–Crippen MR) is 77.4 cm³/mol. The lowest BCUT2D eigenvalue weighted by Gasteiger charge is -2.23. The van der Waals surface area contributed by atoms with Crippen molar-refractivity contribution in [2.45, 2.75) is 25.6 Å². The van der Waals surface area contributed by atoms with Crippen molar-refractivity contribution in [2.24, 2.45) is 5.41 Å². The molecule has 1 nitrogen and oxygen atoms in total. The second kappa shape index (κ2) is 4.69. The van der Waals surface area contributed by atoms with Crippen molar-refractivity contribution in [3.05, 3.63) is 28.2 Å². The Labute approximate surface area is 114 Å². The lowest BCUT2D eigenvalue weighted by atomic mass is 9.93. The number of hydrogen-bond donors (Lipinski definition) is 0. The van der Waals surface area contributed by atoms with Gasteiger partial charge in [0.05, 0.1) is 5.69 Å². The summed E-state index contributed by atoms with van der Waals surface area (Å²) in [6.45, 7) is 7.00. The summed E-state index contributed by atoms with van der Waals surface area (Å²) in [5, 5.41) is 0.914. The standard InChI is InChI=1S/C13H17Br2N/c1-13(2)5-6-16(9-13)12-4-3-10(8-14)7-11(12)15/h3-4,7H,5-6,8-9H2,1-2H3. The molecule has 88 valence electrons. The van der Waals surface area contributed by atoms with Gasteiger partial charge in [0, 0.05) is 22.9 Å². The van der Waals surface area contributed by atoms with Gasteiger partial charge in [-0.1, -0.05) is 35.8 Å². The van der Waals surface area contributed by atoms with Crippen LogP contribution in [-0.4, -0.2) is 13.1 Å². The Balaban J connectivity index is 2.22. The third-order valence-electron chi connectivity index (χ3n) is 3.18. The molecule has 1 saturated heterocycles. The van der Waals surface area contributed by atoms with E-state index in [0.717, 1.165) is 11.9 Å². The summed E-state index contributed by atoms with van der Waals surface area (Å²) in [5.41, 5.74) is 3.09. The largest absolute Gasteiger partial charge is 0.370 e. The fourth-order valence-corrected chi connectivity index (χ4v) is 3.23. The molecular weight excluding hydrogens is 330 g/mol. The number of halogens is 2. The number of anilines is 1. The third kappa shape index (κ3) is 2.62. The number of hydrogen-bond acceptors (Lipinski definition) is 1. The van der Waals surface area contributed by atoms with Crippen LogP contribution in [0.5, 0.6) is 0 Å². The fourth-order valence-electron chi connectivity index (χ4n) is 2.21. The van der Waals surface area contributed by atoms with E-state index in [0.29, 0.717) is 5.41 Å². The smallest absolute Gasteiger partial charge is 0.0511 e. The molecule has 0 aromatic heterocycles. The molecule has 1 aromatic carbocycles. The highest BCUT2D eigenvalue weighted by Crippen LogP contribution is 2.36. The molecular formula is C13H17Br2N. The van der Waals surface area contributed by atoms with E-state index in [2.05, 4.69) is 68.8 Å². The van der Waals surface area contributed by atoms with Crippen molar-refractivity contribution in [3.8, 4) is 0 Å². The molecule has 0 atom stereocenters. The first kappa shape index (κ1) is 12.4. The second-order valence-electron chi connectivity index (χ2n) is 5.26. The molecule has 0 bridgehead atoms. The number of benzene rings is 1. The maximum absolute atomic E-state index is 3.67. The Morgan fingerprint density at radius 1 is 1.38 bits per heavy atom. The molecule has 1 aliphatic heterocycles. The highest BCUT2D eigenvalue weighted by Gasteiger charge is 2.29. The van der Waals surface area contributed by atoms with Gasteiger partial charge in [0.2, 0.25) is 0 Å². The molecule has 0 aliphatic carbocycles. The summed E-state index contributed by atoms with van der Waals surface area (Å²) < 4.78 is 1.21. The molecule has 1 aliphatic rings. The normalized spacial score (nSPS) is 19.1. The maximum atomic E-state index is 3.67. The van der Waals surface area contributed by atoms with Gasteiger partial charge in [-0.2, -0.15) is 0 Å². The van der Waals surface area contributed by atoms with Gasteiger partial charge in [0.15, 0.2) is 0 Å². The van der Waals surface area contributed by atoms with Crippen molar-refractivity contribution in [3.63, 3.8) is 0 Å². The van der Waals surface area contributed by atoms with E-state index >= 15 is 0 Å².